The molecule has 1 aromatic rings. The summed E-state index contributed by atoms with van der Waals surface area (Å²) in [6, 6.07) is 4.50. The van der Waals surface area contributed by atoms with Gasteiger partial charge in [-0.05, 0) is 48.8 Å². The number of carbonyl (C=O) groups is 1. The van der Waals surface area contributed by atoms with Crippen LogP contribution >= 0.6 is 0 Å². The molecule has 116 valence electrons. The van der Waals surface area contributed by atoms with Crippen molar-refractivity contribution in [1.29, 1.82) is 0 Å². The van der Waals surface area contributed by atoms with Gasteiger partial charge in [-0.25, -0.2) is 9.18 Å². The molecular weight excluding hydrogens is 271 g/mol. The highest BCUT2D eigenvalue weighted by Gasteiger charge is 2.27. The minimum absolute atomic E-state index is 0.0411. The minimum Gasteiger partial charge on any atom is -0.465 e. The molecule has 0 aromatic heterocycles. The van der Waals surface area contributed by atoms with Crippen LogP contribution in [0.5, 0.6) is 0 Å². The van der Waals surface area contributed by atoms with E-state index >= 15 is 0 Å². The smallest absolute Gasteiger partial charge is 0.340 e. The molecule has 1 fully saturated rings. The number of hydrogen-bond acceptors (Lipinski definition) is 3. The highest BCUT2D eigenvalue weighted by atomic mass is 19.1. The van der Waals surface area contributed by atoms with Crippen molar-refractivity contribution in [1.82, 2.24) is 0 Å². The minimum atomic E-state index is -0.658. The number of benzene rings is 1. The van der Waals surface area contributed by atoms with Crippen molar-refractivity contribution in [3.8, 4) is 0 Å². The number of halogens is 1. The van der Waals surface area contributed by atoms with Crippen molar-refractivity contribution in [3.63, 3.8) is 0 Å². The highest BCUT2D eigenvalue weighted by molar-refractivity contribution is 5.89. The van der Waals surface area contributed by atoms with Gasteiger partial charge in [-0.2, -0.15) is 0 Å². The van der Waals surface area contributed by atoms with Gasteiger partial charge in [0.25, 0.3) is 0 Å². The third-order valence-electron chi connectivity index (χ3n) is 4.21. The van der Waals surface area contributed by atoms with Crippen molar-refractivity contribution in [2.24, 2.45) is 5.41 Å². The van der Waals surface area contributed by atoms with Gasteiger partial charge in [0.15, 0.2) is 0 Å². The number of methoxy groups -OCH3 is 1. The van der Waals surface area contributed by atoms with Crippen LogP contribution in [0.3, 0.4) is 0 Å². The van der Waals surface area contributed by atoms with Crippen LogP contribution in [-0.2, 0) is 16.1 Å². The van der Waals surface area contributed by atoms with E-state index in [0.717, 1.165) is 31.2 Å². The Labute approximate surface area is 125 Å². The van der Waals surface area contributed by atoms with Crippen molar-refractivity contribution in [3.05, 3.63) is 35.1 Å². The molecule has 4 heteroatoms. The molecule has 0 amide bonds. The summed E-state index contributed by atoms with van der Waals surface area (Å²) in [6.07, 6.45) is 4.67. The number of esters is 1. The van der Waals surface area contributed by atoms with E-state index in [-0.39, 0.29) is 11.7 Å². The van der Waals surface area contributed by atoms with Crippen LogP contribution in [0.1, 0.15) is 55.5 Å². The van der Waals surface area contributed by atoms with Crippen LogP contribution in [0.4, 0.5) is 4.39 Å². The zero-order valence-electron chi connectivity index (χ0n) is 12.9. The second kappa shape index (κ2) is 6.56. The van der Waals surface area contributed by atoms with Crippen molar-refractivity contribution in [2.75, 3.05) is 7.11 Å². The summed E-state index contributed by atoms with van der Waals surface area (Å²) in [7, 11) is 1.24. The molecule has 1 aliphatic rings. The first kappa shape index (κ1) is 16.0. The van der Waals surface area contributed by atoms with E-state index in [0.29, 0.717) is 12.0 Å². The van der Waals surface area contributed by atoms with Crippen LogP contribution in [0, 0.1) is 11.2 Å². The molecule has 0 unspecified atom stereocenters. The standard InChI is InChI=1S/C17H23FO3/c1-17(2)8-6-13(7-9-17)21-11-12-4-5-14(15(18)10-12)16(19)20-3/h4-5,10,13H,6-9,11H2,1-3H3. The van der Waals surface area contributed by atoms with E-state index in [2.05, 4.69) is 18.6 Å². The predicted octanol–water partition coefficient (Wildman–Crippen LogP) is 4.10. The number of ether oxygens (including phenoxy) is 2. The lowest BCUT2D eigenvalue weighted by Crippen LogP contribution is -2.26. The molecule has 1 aliphatic carbocycles. The van der Waals surface area contributed by atoms with Gasteiger partial charge >= 0.3 is 5.97 Å². The fraction of sp³-hybridized carbons (Fsp3) is 0.588. The van der Waals surface area contributed by atoms with E-state index in [1.807, 2.05) is 0 Å². The Bertz CT molecular complexity index is 501. The molecule has 1 aromatic carbocycles. The Morgan fingerprint density at radius 3 is 2.57 bits per heavy atom. The average molecular weight is 294 g/mol. The second-order valence-electron chi connectivity index (χ2n) is 6.48. The largest absolute Gasteiger partial charge is 0.465 e. The molecule has 2 rings (SSSR count). The first-order valence-corrected chi connectivity index (χ1v) is 7.40. The van der Waals surface area contributed by atoms with Crippen molar-refractivity contribution < 1.29 is 18.7 Å². The number of carbonyl (C=O) groups excluding carboxylic acids is 1. The van der Waals surface area contributed by atoms with E-state index in [4.69, 9.17) is 4.74 Å². The van der Waals surface area contributed by atoms with Gasteiger partial charge in [0.1, 0.15) is 5.82 Å². The van der Waals surface area contributed by atoms with E-state index in [1.165, 1.54) is 19.2 Å². The first-order valence-electron chi connectivity index (χ1n) is 7.40. The van der Waals surface area contributed by atoms with Crippen LogP contribution < -0.4 is 0 Å². The summed E-state index contributed by atoms with van der Waals surface area (Å²) in [5, 5.41) is 0. The SMILES string of the molecule is COC(=O)c1ccc(COC2CCC(C)(C)CC2)cc1F. The second-order valence-corrected chi connectivity index (χ2v) is 6.48. The van der Waals surface area contributed by atoms with Gasteiger partial charge in [0.2, 0.25) is 0 Å². The first-order chi connectivity index (χ1) is 9.91. The number of hydrogen-bond donors (Lipinski definition) is 0. The molecule has 0 spiro atoms. The highest BCUT2D eigenvalue weighted by Crippen LogP contribution is 2.36. The topological polar surface area (TPSA) is 35.5 Å². The molecule has 1 saturated carbocycles. The lowest BCUT2D eigenvalue weighted by atomic mass is 9.76. The Morgan fingerprint density at radius 1 is 1.33 bits per heavy atom. The summed E-state index contributed by atoms with van der Waals surface area (Å²) in [5.74, 6) is -1.22. The Kier molecular flexibility index (Phi) is 4.99. The average Bonchev–Trinajstić information content (AvgIpc) is 2.45. The molecule has 0 saturated heterocycles. The zero-order chi connectivity index (χ0) is 15.5. The number of rotatable bonds is 4. The monoisotopic (exact) mass is 294 g/mol. The van der Waals surface area contributed by atoms with Gasteiger partial charge < -0.3 is 9.47 Å². The van der Waals surface area contributed by atoms with Crippen molar-refractivity contribution in [2.45, 2.75) is 52.2 Å². The van der Waals surface area contributed by atoms with E-state index in [9.17, 15) is 9.18 Å². The lowest BCUT2D eigenvalue weighted by Gasteiger charge is -2.34. The van der Waals surface area contributed by atoms with Crippen molar-refractivity contribution >= 4 is 5.97 Å². The quantitative estimate of drug-likeness (QED) is 0.784. The van der Waals surface area contributed by atoms with Gasteiger partial charge in [0.05, 0.1) is 25.4 Å². The molecule has 0 atom stereocenters. The lowest BCUT2D eigenvalue weighted by molar-refractivity contribution is -0.00568. The summed E-state index contributed by atoms with van der Waals surface area (Å²) >= 11 is 0. The molecular formula is C17H23FO3. The summed E-state index contributed by atoms with van der Waals surface area (Å²) in [6.45, 7) is 4.94. The van der Waals surface area contributed by atoms with Crippen LogP contribution in [0.15, 0.2) is 18.2 Å². The van der Waals surface area contributed by atoms with Gasteiger partial charge in [-0.1, -0.05) is 19.9 Å². The molecule has 3 nitrogen and oxygen atoms in total. The zero-order valence-corrected chi connectivity index (χ0v) is 12.9. The van der Waals surface area contributed by atoms with Gasteiger partial charge in [-0.3, -0.25) is 0 Å². The normalized spacial score (nSPS) is 18.5. The van der Waals surface area contributed by atoms with Crippen LogP contribution in [0.2, 0.25) is 0 Å². The predicted molar refractivity (Wildman–Crippen MR) is 78.6 cm³/mol. The van der Waals surface area contributed by atoms with Crippen LogP contribution in [-0.4, -0.2) is 19.2 Å². The summed E-state index contributed by atoms with van der Waals surface area (Å²) in [5.41, 5.74) is 1.11. The van der Waals surface area contributed by atoms with E-state index in [1.54, 1.807) is 6.07 Å². The third kappa shape index (κ3) is 4.27. The van der Waals surface area contributed by atoms with Crippen LogP contribution in [0.25, 0.3) is 0 Å². The maximum absolute atomic E-state index is 13.8. The fourth-order valence-electron chi connectivity index (χ4n) is 2.68. The Morgan fingerprint density at radius 2 is 2.00 bits per heavy atom. The van der Waals surface area contributed by atoms with Gasteiger partial charge in [0, 0.05) is 0 Å². The van der Waals surface area contributed by atoms with Gasteiger partial charge in [-0.15, -0.1) is 0 Å². The summed E-state index contributed by atoms with van der Waals surface area (Å²) < 4.78 is 24.2. The Hall–Kier alpha value is -1.42. The Balaban J connectivity index is 1.89. The molecule has 0 bridgehead atoms. The molecule has 21 heavy (non-hydrogen) atoms. The maximum Gasteiger partial charge on any atom is 0.340 e. The molecule has 0 radical (unpaired) electrons. The molecule has 0 N–H and O–H groups in total. The molecule has 0 heterocycles. The maximum atomic E-state index is 13.8. The summed E-state index contributed by atoms with van der Waals surface area (Å²) in [4.78, 5) is 11.3. The third-order valence-corrected chi connectivity index (χ3v) is 4.21. The fourth-order valence-corrected chi connectivity index (χ4v) is 2.68. The van der Waals surface area contributed by atoms with E-state index < -0.39 is 11.8 Å². The molecule has 0 aliphatic heterocycles.